The molecule has 0 spiro atoms. The molecule has 1 amide bonds. The molecule has 6 heteroatoms. The Labute approximate surface area is 176 Å². The zero-order chi connectivity index (χ0) is 20.5. The molecule has 29 heavy (non-hydrogen) atoms. The van der Waals surface area contributed by atoms with Gasteiger partial charge in [-0.3, -0.25) is 4.79 Å². The maximum Gasteiger partial charge on any atom is 0.230 e. The zero-order valence-electron chi connectivity index (χ0n) is 17.0. The van der Waals surface area contributed by atoms with Gasteiger partial charge in [0, 0.05) is 13.0 Å². The lowest BCUT2D eigenvalue weighted by molar-refractivity contribution is -0.119. The van der Waals surface area contributed by atoms with Crippen molar-refractivity contribution in [3.05, 3.63) is 77.6 Å². The maximum absolute atomic E-state index is 12.6. The molecule has 0 saturated carbocycles. The third-order valence-corrected chi connectivity index (χ3v) is 5.73. The molecule has 0 bridgehead atoms. The molecule has 0 saturated heterocycles. The van der Waals surface area contributed by atoms with Gasteiger partial charge in [-0.25, -0.2) is 0 Å². The van der Waals surface area contributed by atoms with Crippen LogP contribution in [0.25, 0.3) is 0 Å². The lowest BCUT2D eigenvalue weighted by Crippen LogP contribution is -2.30. The third-order valence-electron chi connectivity index (χ3n) is 4.76. The van der Waals surface area contributed by atoms with Crippen molar-refractivity contribution in [3.63, 3.8) is 0 Å². The van der Waals surface area contributed by atoms with Gasteiger partial charge in [0.15, 0.2) is 5.16 Å². The van der Waals surface area contributed by atoms with Crippen LogP contribution in [-0.4, -0.2) is 26.4 Å². The van der Waals surface area contributed by atoms with Crippen molar-refractivity contribution < 1.29 is 4.79 Å². The van der Waals surface area contributed by atoms with Crippen LogP contribution in [0.1, 0.15) is 49.7 Å². The van der Waals surface area contributed by atoms with Gasteiger partial charge in [0.05, 0.1) is 11.8 Å². The quantitative estimate of drug-likeness (QED) is 0.497. The van der Waals surface area contributed by atoms with Crippen molar-refractivity contribution in [1.82, 2.24) is 20.1 Å². The summed E-state index contributed by atoms with van der Waals surface area (Å²) in [7, 11) is 0. The smallest absolute Gasteiger partial charge is 0.230 e. The number of benzene rings is 2. The molecule has 1 aromatic heterocycles. The first-order valence-corrected chi connectivity index (χ1v) is 11.1. The highest BCUT2D eigenvalue weighted by atomic mass is 32.2. The Morgan fingerprint density at radius 1 is 1.03 bits per heavy atom. The summed E-state index contributed by atoms with van der Waals surface area (Å²) in [5.41, 5.74) is 2.35. The van der Waals surface area contributed by atoms with Crippen LogP contribution in [0.4, 0.5) is 0 Å². The van der Waals surface area contributed by atoms with Crippen LogP contribution in [0.3, 0.4) is 0 Å². The summed E-state index contributed by atoms with van der Waals surface area (Å²) in [5.74, 6) is 1.28. The minimum Gasteiger partial charge on any atom is -0.349 e. The Morgan fingerprint density at radius 2 is 1.72 bits per heavy atom. The molecular formula is C23H28N4OS. The van der Waals surface area contributed by atoms with Crippen molar-refractivity contribution in [2.45, 2.75) is 50.9 Å². The largest absolute Gasteiger partial charge is 0.349 e. The normalized spacial score (nSPS) is 11.9. The summed E-state index contributed by atoms with van der Waals surface area (Å²) < 4.78 is 2.09. The molecule has 0 aliphatic heterocycles. The average Bonchev–Trinajstić information content (AvgIpc) is 3.14. The second kappa shape index (κ2) is 10.8. The Hall–Kier alpha value is -2.60. The Balaban J connectivity index is 1.61. The molecule has 0 aliphatic rings. The van der Waals surface area contributed by atoms with Crippen LogP contribution in [-0.2, 0) is 17.8 Å². The van der Waals surface area contributed by atoms with E-state index in [4.69, 9.17) is 0 Å². The molecular weight excluding hydrogens is 380 g/mol. The van der Waals surface area contributed by atoms with Gasteiger partial charge in [-0.15, -0.1) is 10.2 Å². The van der Waals surface area contributed by atoms with Crippen LogP contribution < -0.4 is 5.32 Å². The van der Waals surface area contributed by atoms with Crippen LogP contribution in [0, 0.1) is 0 Å². The maximum atomic E-state index is 12.6. The van der Waals surface area contributed by atoms with E-state index in [1.54, 1.807) is 0 Å². The van der Waals surface area contributed by atoms with Crippen molar-refractivity contribution in [2.75, 3.05) is 5.75 Å². The number of carbonyl (C=O) groups excluding carboxylic acids is 1. The topological polar surface area (TPSA) is 59.8 Å². The number of rotatable bonds is 10. The highest BCUT2D eigenvalue weighted by Gasteiger charge is 2.16. The predicted molar refractivity (Wildman–Crippen MR) is 118 cm³/mol. The number of thioether (sulfide) groups is 1. The van der Waals surface area contributed by atoms with E-state index in [9.17, 15) is 4.79 Å². The first-order chi connectivity index (χ1) is 14.2. The molecule has 2 aromatic carbocycles. The highest BCUT2D eigenvalue weighted by Crippen LogP contribution is 2.21. The number of nitrogens with one attached hydrogen (secondary N) is 1. The number of nitrogens with zero attached hydrogens (tertiary/aromatic N) is 3. The first kappa shape index (κ1) is 21.1. The van der Waals surface area contributed by atoms with Crippen molar-refractivity contribution in [1.29, 1.82) is 0 Å². The molecule has 0 aliphatic carbocycles. The van der Waals surface area contributed by atoms with Crippen LogP contribution in [0.5, 0.6) is 0 Å². The molecule has 152 valence electrons. The summed E-state index contributed by atoms with van der Waals surface area (Å²) in [6, 6.07) is 20.4. The van der Waals surface area contributed by atoms with Gasteiger partial charge in [0.2, 0.25) is 5.91 Å². The average molecular weight is 409 g/mol. The van der Waals surface area contributed by atoms with E-state index in [0.717, 1.165) is 42.4 Å². The minimum atomic E-state index is 0.0209. The molecule has 1 heterocycles. The minimum absolute atomic E-state index is 0.0209. The van der Waals surface area contributed by atoms with Crippen LogP contribution >= 0.6 is 11.8 Å². The highest BCUT2D eigenvalue weighted by molar-refractivity contribution is 7.99. The summed E-state index contributed by atoms with van der Waals surface area (Å²) in [6.07, 6.45) is 2.67. The molecule has 3 rings (SSSR count). The molecule has 1 N–H and O–H groups in total. The molecule has 1 unspecified atom stereocenters. The van der Waals surface area contributed by atoms with Gasteiger partial charge in [-0.2, -0.15) is 0 Å². The zero-order valence-corrected chi connectivity index (χ0v) is 17.9. The Morgan fingerprint density at radius 3 is 2.38 bits per heavy atom. The Bertz CT molecular complexity index is 896. The number of aromatic nitrogens is 3. The second-order valence-electron chi connectivity index (χ2n) is 6.91. The van der Waals surface area contributed by atoms with Gasteiger partial charge >= 0.3 is 0 Å². The van der Waals surface area contributed by atoms with Gasteiger partial charge in [-0.05, 0) is 24.5 Å². The third kappa shape index (κ3) is 5.94. The summed E-state index contributed by atoms with van der Waals surface area (Å²) >= 11 is 1.44. The molecule has 0 fully saturated rings. The van der Waals surface area contributed by atoms with Gasteiger partial charge in [-0.1, -0.05) is 85.8 Å². The predicted octanol–water partition coefficient (Wildman–Crippen LogP) is 4.64. The second-order valence-corrected chi connectivity index (χ2v) is 7.86. The number of hydrogen-bond acceptors (Lipinski definition) is 4. The summed E-state index contributed by atoms with van der Waals surface area (Å²) in [6.45, 7) is 4.99. The van der Waals surface area contributed by atoms with Crippen molar-refractivity contribution in [3.8, 4) is 0 Å². The fourth-order valence-electron chi connectivity index (χ4n) is 3.31. The van der Waals surface area contributed by atoms with Gasteiger partial charge < -0.3 is 9.88 Å². The summed E-state index contributed by atoms with van der Waals surface area (Å²) in [5, 5.41) is 12.6. The van der Waals surface area contributed by atoms with E-state index in [2.05, 4.69) is 58.2 Å². The van der Waals surface area contributed by atoms with Crippen LogP contribution in [0.15, 0.2) is 65.8 Å². The molecule has 3 aromatic rings. The molecule has 1 atom stereocenters. The fourth-order valence-corrected chi connectivity index (χ4v) is 4.15. The summed E-state index contributed by atoms with van der Waals surface area (Å²) in [4.78, 5) is 12.6. The lowest BCUT2D eigenvalue weighted by Gasteiger charge is -2.18. The van der Waals surface area contributed by atoms with Crippen molar-refractivity contribution >= 4 is 17.7 Å². The van der Waals surface area contributed by atoms with E-state index in [0.29, 0.717) is 5.75 Å². The number of carbonyl (C=O) groups is 1. The van der Waals surface area contributed by atoms with E-state index < -0.39 is 0 Å². The number of amides is 1. The van der Waals surface area contributed by atoms with Gasteiger partial charge in [0.1, 0.15) is 5.82 Å². The fraction of sp³-hybridized carbons (Fsp3) is 0.348. The molecule has 0 radical (unpaired) electrons. The number of hydrogen-bond donors (Lipinski definition) is 1. The van der Waals surface area contributed by atoms with Crippen molar-refractivity contribution in [2.24, 2.45) is 0 Å². The first-order valence-electron chi connectivity index (χ1n) is 10.1. The van der Waals surface area contributed by atoms with Gasteiger partial charge in [0.25, 0.3) is 0 Å². The monoisotopic (exact) mass is 408 g/mol. The van der Waals surface area contributed by atoms with E-state index in [1.165, 1.54) is 17.3 Å². The van der Waals surface area contributed by atoms with E-state index in [1.807, 2.05) is 36.4 Å². The van der Waals surface area contributed by atoms with E-state index >= 15 is 0 Å². The van der Waals surface area contributed by atoms with Crippen LogP contribution in [0.2, 0.25) is 0 Å². The lowest BCUT2D eigenvalue weighted by atomic mass is 10.0. The Kier molecular flexibility index (Phi) is 7.87. The standard InChI is InChI=1S/C23H28N4OS/c1-3-11-20(19-14-9-6-10-15-19)24-22(28)17-29-23-26-25-21(27(23)4-2)16-18-12-7-5-8-13-18/h5-10,12-15,20H,3-4,11,16-17H2,1-2H3,(H,24,28). The van der Waals surface area contributed by atoms with E-state index in [-0.39, 0.29) is 11.9 Å². The molecule has 5 nitrogen and oxygen atoms in total. The SMILES string of the molecule is CCCC(NC(=O)CSc1nnc(Cc2ccccc2)n1CC)c1ccccc1.